The van der Waals surface area contributed by atoms with Crippen molar-refractivity contribution >= 4 is 86.8 Å². The van der Waals surface area contributed by atoms with E-state index in [-0.39, 0.29) is 30.9 Å². The van der Waals surface area contributed by atoms with Gasteiger partial charge in [-0.1, -0.05) is 64.9 Å². The summed E-state index contributed by atoms with van der Waals surface area (Å²) in [6, 6.07) is 0. The van der Waals surface area contributed by atoms with Crippen LogP contribution in [-0.2, 0) is 11.8 Å². The fraction of sp³-hybridized carbons (Fsp3) is 0.333. The summed E-state index contributed by atoms with van der Waals surface area (Å²) >= 11 is 41.0. The molecule has 1 aromatic carbocycles. The van der Waals surface area contributed by atoms with Crippen molar-refractivity contribution in [2.24, 2.45) is 0 Å². The molecule has 10 heteroatoms. The normalized spacial score (nSPS) is 14.3. The lowest BCUT2D eigenvalue weighted by atomic mass is 10.3. The Balaban J connectivity index is 3.19. The Morgan fingerprint density at radius 2 is 1.42 bits per heavy atom. The van der Waals surface area contributed by atoms with Crippen molar-refractivity contribution < 1.29 is 4.52 Å². The van der Waals surface area contributed by atoms with Gasteiger partial charge in [0.15, 0.2) is 5.75 Å². The average molecular weight is 422 g/mol. The molecule has 108 valence electrons. The van der Waals surface area contributed by atoms with Gasteiger partial charge < -0.3 is 4.52 Å². The molecule has 0 aliphatic rings. The van der Waals surface area contributed by atoms with Gasteiger partial charge in [-0.3, -0.25) is 0 Å². The Morgan fingerprint density at radius 3 is 1.84 bits per heavy atom. The van der Waals surface area contributed by atoms with E-state index >= 15 is 0 Å². The van der Waals surface area contributed by atoms with Crippen LogP contribution in [0.4, 0.5) is 0 Å². The molecule has 1 unspecified atom stereocenters. The lowest BCUT2D eigenvalue weighted by Crippen LogP contribution is -2.11. The zero-order valence-electron chi connectivity index (χ0n) is 9.45. The molecule has 1 N–H and O–H groups in total. The van der Waals surface area contributed by atoms with Crippen molar-refractivity contribution in [3.63, 3.8) is 0 Å². The summed E-state index contributed by atoms with van der Waals surface area (Å²) < 4.78 is 5.47. The molecule has 1 aromatic rings. The van der Waals surface area contributed by atoms with E-state index in [1.165, 1.54) is 0 Å². The third-order valence-corrected chi connectivity index (χ3v) is 6.37. The maximum atomic E-state index is 6.09. The zero-order valence-corrected chi connectivity index (χ0v) is 15.7. The van der Waals surface area contributed by atoms with Crippen LogP contribution in [0.3, 0.4) is 0 Å². The second-order valence-corrected chi connectivity index (χ2v) is 10.3. The molecule has 0 heterocycles. The zero-order chi connectivity index (χ0) is 14.8. The fourth-order valence-corrected chi connectivity index (χ4v) is 4.30. The maximum absolute atomic E-state index is 6.09. The lowest BCUT2D eigenvalue weighted by molar-refractivity contribution is 0.608. The van der Waals surface area contributed by atoms with Gasteiger partial charge in [-0.2, -0.15) is 0 Å². The van der Waals surface area contributed by atoms with Crippen LogP contribution >= 0.6 is 75.0 Å². The molecule has 0 bridgehead atoms. The highest BCUT2D eigenvalue weighted by atomic mass is 35.7. The van der Waals surface area contributed by atoms with Gasteiger partial charge in [0.25, 0.3) is 5.77 Å². The van der Waals surface area contributed by atoms with E-state index in [1.807, 2.05) is 6.92 Å². The van der Waals surface area contributed by atoms with E-state index in [9.17, 15) is 0 Å². The Hall–Kier alpha value is 1.37. The molecular formula is C9H8Cl6NOPS. The number of halogens is 6. The summed E-state index contributed by atoms with van der Waals surface area (Å²) in [5.74, 6) is -2.78. The van der Waals surface area contributed by atoms with Crippen LogP contribution in [-0.4, -0.2) is 6.54 Å². The highest BCUT2D eigenvalue weighted by Gasteiger charge is 2.25. The number of nitrogens with one attached hydrogen (secondary N) is 1. The summed E-state index contributed by atoms with van der Waals surface area (Å²) in [5, 5.41) is 3.07. The van der Waals surface area contributed by atoms with Gasteiger partial charge in [0.05, 0.1) is 15.1 Å². The van der Waals surface area contributed by atoms with Crippen LogP contribution in [0.25, 0.3) is 0 Å². The molecule has 0 saturated heterocycles. The Bertz CT molecular complexity index is 511. The predicted octanol–water partition coefficient (Wildman–Crippen LogP) is 6.80. The van der Waals surface area contributed by atoms with E-state index in [4.69, 9.17) is 85.6 Å². The van der Waals surface area contributed by atoms with Gasteiger partial charge in [0, 0.05) is 6.54 Å². The molecule has 2 nitrogen and oxygen atoms in total. The van der Waals surface area contributed by atoms with Gasteiger partial charge in [-0.05, 0) is 29.5 Å². The molecular weight excluding hydrogens is 414 g/mol. The summed E-state index contributed by atoms with van der Waals surface area (Å²) in [7, 11) is 0. The monoisotopic (exact) mass is 419 g/mol. The van der Waals surface area contributed by atoms with Crippen LogP contribution in [0.2, 0.25) is 25.1 Å². The molecule has 0 aliphatic heterocycles. The Morgan fingerprint density at radius 1 is 1.00 bits per heavy atom. The van der Waals surface area contributed by atoms with E-state index < -0.39 is 5.77 Å². The molecule has 0 aliphatic carbocycles. The Labute approximate surface area is 146 Å². The van der Waals surface area contributed by atoms with Crippen LogP contribution < -0.4 is 9.61 Å². The standard InChI is InChI=1S/C9H8Cl6NOPS/c1-2-3-16-18(15,19)17-9-7(13)5(11)4(10)6(12)8(9)14/h2-3H2,1H3,(H,16,19). The maximum Gasteiger partial charge on any atom is 0.268 e. The van der Waals surface area contributed by atoms with Crippen LogP contribution in [0.15, 0.2) is 0 Å². The molecule has 1 atom stereocenters. The van der Waals surface area contributed by atoms with Crippen molar-refractivity contribution in [2.45, 2.75) is 13.3 Å². The first-order valence-corrected chi connectivity index (χ1v) is 10.5. The smallest absolute Gasteiger partial charge is 0.268 e. The predicted molar refractivity (Wildman–Crippen MR) is 90.6 cm³/mol. The van der Waals surface area contributed by atoms with E-state index in [0.29, 0.717) is 6.54 Å². The second kappa shape index (κ2) is 7.58. The summed E-state index contributed by atoms with van der Waals surface area (Å²) in [6.07, 6.45) is 0.845. The minimum Gasteiger partial charge on any atom is -0.438 e. The van der Waals surface area contributed by atoms with Crippen LogP contribution in [0.1, 0.15) is 13.3 Å². The van der Waals surface area contributed by atoms with E-state index in [2.05, 4.69) is 5.09 Å². The minimum absolute atomic E-state index is 0.0224. The summed E-state index contributed by atoms with van der Waals surface area (Å²) in [4.78, 5) is 0. The number of rotatable bonds is 5. The van der Waals surface area contributed by atoms with Crippen molar-refractivity contribution in [1.29, 1.82) is 0 Å². The topological polar surface area (TPSA) is 21.3 Å². The highest BCUT2D eigenvalue weighted by molar-refractivity contribution is 8.23. The molecule has 0 aromatic heterocycles. The summed E-state index contributed by atoms with van der Waals surface area (Å²) in [5.41, 5.74) is 0. The van der Waals surface area contributed by atoms with Crippen molar-refractivity contribution in [3.8, 4) is 5.75 Å². The van der Waals surface area contributed by atoms with Crippen molar-refractivity contribution in [2.75, 3.05) is 6.54 Å². The first-order chi connectivity index (χ1) is 8.71. The first kappa shape index (κ1) is 18.4. The number of hydrogen-bond donors (Lipinski definition) is 1. The molecule has 1 rings (SSSR count). The SMILES string of the molecule is CCCNP(=S)(Cl)Oc1c(Cl)c(Cl)c(Cl)c(Cl)c1Cl. The fourth-order valence-electron chi connectivity index (χ4n) is 1.06. The van der Waals surface area contributed by atoms with Gasteiger partial charge >= 0.3 is 0 Å². The van der Waals surface area contributed by atoms with Crippen molar-refractivity contribution in [1.82, 2.24) is 5.09 Å². The third-order valence-electron chi connectivity index (χ3n) is 1.93. The minimum atomic E-state index is -2.81. The van der Waals surface area contributed by atoms with Gasteiger partial charge in [0.2, 0.25) is 0 Å². The third kappa shape index (κ3) is 4.67. The van der Waals surface area contributed by atoms with Gasteiger partial charge in [0.1, 0.15) is 10.0 Å². The molecule has 19 heavy (non-hydrogen) atoms. The number of benzene rings is 1. The van der Waals surface area contributed by atoms with Gasteiger partial charge in [-0.15, -0.1) is 0 Å². The van der Waals surface area contributed by atoms with E-state index in [1.54, 1.807) is 0 Å². The quantitative estimate of drug-likeness (QED) is 0.321. The van der Waals surface area contributed by atoms with Crippen molar-refractivity contribution in [3.05, 3.63) is 25.1 Å². The largest absolute Gasteiger partial charge is 0.438 e. The molecule has 0 saturated carbocycles. The molecule has 0 amide bonds. The average Bonchev–Trinajstić information content (AvgIpc) is 2.37. The first-order valence-electron chi connectivity index (χ1n) is 4.97. The molecule has 0 spiro atoms. The molecule has 0 fully saturated rings. The van der Waals surface area contributed by atoms with Gasteiger partial charge in [-0.25, -0.2) is 5.09 Å². The molecule has 0 radical (unpaired) electrons. The van der Waals surface area contributed by atoms with Crippen LogP contribution in [0, 0.1) is 0 Å². The number of hydrogen-bond acceptors (Lipinski definition) is 2. The van der Waals surface area contributed by atoms with Crippen LogP contribution in [0.5, 0.6) is 5.75 Å². The second-order valence-electron chi connectivity index (χ2n) is 3.38. The Kier molecular flexibility index (Phi) is 7.35. The highest BCUT2D eigenvalue weighted by Crippen LogP contribution is 2.56. The lowest BCUT2D eigenvalue weighted by Gasteiger charge is -2.20. The summed E-state index contributed by atoms with van der Waals surface area (Å²) in [6.45, 7) is 2.57. The van der Waals surface area contributed by atoms with E-state index in [0.717, 1.165) is 6.42 Å².